The van der Waals surface area contributed by atoms with Crippen molar-refractivity contribution < 1.29 is 14.3 Å². The Bertz CT molecular complexity index is 1000. The molecule has 0 aliphatic rings. The molecule has 0 aliphatic heterocycles. The van der Waals surface area contributed by atoms with Gasteiger partial charge in [-0.25, -0.2) is 9.82 Å². The Kier molecular flexibility index (Phi) is 5.64. The average molecular weight is 362 g/mol. The number of phenolic OH excluding ortho intramolecular Hbond substituents is 1. The van der Waals surface area contributed by atoms with Crippen LogP contribution in [-0.2, 0) is 0 Å². The molecule has 1 amide bonds. The second-order valence-electron chi connectivity index (χ2n) is 5.49. The van der Waals surface area contributed by atoms with Crippen molar-refractivity contribution in [2.75, 3.05) is 0 Å². The van der Waals surface area contributed by atoms with Gasteiger partial charge in [-0.15, -0.1) is 0 Å². The summed E-state index contributed by atoms with van der Waals surface area (Å²) < 4.78 is 13.1. The Morgan fingerprint density at radius 2 is 1.70 bits per heavy atom. The smallest absolute Gasteiger partial charge is 0.271 e. The van der Waals surface area contributed by atoms with E-state index in [1.807, 2.05) is 30.3 Å². The third kappa shape index (κ3) is 5.05. The fourth-order valence-corrected chi connectivity index (χ4v) is 2.17. The van der Waals surface area contributed by atoms with E-state index < -0.39 is 11.7 Å². The number of hydrazone groups is 1. The highest BCUT2D eigenvalue weighted by atomic mass is 19.1. The van der Waals surface area contributed by atoms with Crippen molar-refractivity contribution >= 4 is 23.5 Å². The number of nitrogens with one attached hydrogen (secondary N) is 1. The van der Waals surface area contributed by atoms with Gasteiger partial charge in [-0.3, -0.25) is 4.79 Å². The third-order valence-corrected chi connectivity index (χ3v) is 3.50. The van der Waals surface area contributed by atoms with Crippen LogP contribution in [-0.4, -0.2) is 17.2 Å². The van der Waals surface area contributed by atoms with Crippen molar-refractivity contribution in [3.8, 4) is 5.75 Å². The van der Waals surface area contributed by atoms with Crippen LogP contribution >= 0.6 is 0 Å². The molecule has 0 aliphatic carbocycles. The summed E-state index contributed by atoms with van der Waals surface area (Å²) in [4.78, 5) is 11.9. The molecule has 0 saturated heterocycles. The van der Waals surface area contributed by atoms with E-state index >= 15 is 0 Å². The number of phenols is 1. The Labute approximate surface area is 154 Å². The molecule has 3 aromatic rings. The first-order chi connectivity index (χ1) is 13.1. The molecule has 2 N–H and O–H groups in total. The van der Waals surface area contributed by atoms with Crippen molar-refractivity contribution in [2.45, 2.75) is 0 Å². The number of hydrogen-bond donors (Lipinski definition) is 2. The Morgan fingerprint density at radius 1 is 0.926 bits per heavy atom. The molecule has 0 aromatic heterocycles. The molecular formula is C20H15FN4O2. The zero-order chi connectivity index (χ0) is 19.1. The number of carbonyl (C=O) groups is 1. The van der Waals surface area contributed by atoms with Crippen molar-refractivity contribution in [3.05, 3.63) is 89.7 Å². The van der Waals surface area contributed by atoms with Crippen LogP contribution in [0.2, 0.25) is 0 Å². The van der Waals surface area contributed by atoms with Crippen LogP contribution < -0.4 is 5.43 Å². The van der Waals surface area contributed by atoms with Crippen LogP contribution in [0.5, 0.6) is 5.75 Å². The Balaban J connectivity index is 1.70. The highest BCUT2D eigenvalue weighted by Gasteiger charge is 2.05. The molecule has 0 bridgehead atoms. The summed E-state index contributed by atoms with van der Waals surface area (Å²) in [5.41, 5.74) is 3.97. The summed E-state index contributed by atoms with van der Waals surface area (Å²) >= 11 is 0. The zero-order valence-electron chi connectivity index (χ0n) is 14.1. The zero-order valence-corrected chi connectivity index (χ0v) is 14.1. The number of benzene rings is 3. The molecule has 7 heteroatoms. The van der Waals surface area contributed by atoms with Gasteiger partial charge in [0, 0.05) is 11.1 Å². The van der Waals surface area contributed by atoms with Crippen LogP contribution in [0, 0.1) is 5.82 Å². The van der Waals surface area contributed by atoms with Gasteiger partial charge in [-0.2, -0.15) is 15.3 Å². The summed E-state index contributed by atoms with van der Waals surface area (Å²) in [7, 11) is 0. The Hall–Kier alpha value is -3.87. The first kappa shape index (κ1) is 17.9. The first-order valence-corrected chi connectivity index (χ1v) is 8.00. The summed E-state index contributed by atoms with van der Waals surface area (Å²) in [5, 5.41) is 21.9. The molecule has 0 unspecified atom stereocenters. The highest BCUT2D eigenvalue weighted by Crippen LogP contribution is 2.23. The molecule has 0 atom stereocenters. The minimum Gasteiger partial charge on any atom is -0.507 e. The van der Waals surface area contributed by atoms with Gasteiger partial charge in [0.15, 0.2) is 0 Å². The van der Waals surface area contributed by atoms with E-state index in [-0.39, 0.29) is 11.3 Å². The molecule has 3 aromatic carbocycles. The fraction of sp³-hybridized carbons (Fsp3) is 0. The predicted molar refractivity (Wildman–Crippen MR) is 100 cm³/mol. The van der Waals surface area contributed by atoms with Crippen molar-refractivity contribution in [2.24, 2.45) is 15.3 Å². The molecule has 0 saturated carbocycles. The van der Waals surface area contributed by atoms with E-state index in [4.69, 9.17) is 0 Å². The molecule has 0 heterocycles. The van der Waals surface area contributed by atoms with Gasteiger partial charge in [-0.05, 0) is 48.5 Å². The van der Waals surface area contributed by atoms with Crippen LogP contribution in [0.15, 0.2) is 88.1 Å². The molecule has 6 nitrogen and oxygen atoms in total. The van der Waals surface area contributed by atoms with E-state index in [9.17, 15) is 14.3 Å². The second kappa shape index (κ2) is 8.48. The summed E-state index contributed by atoms with van der Waals surface area (Å²) in [6.07, 6.45) is 1.27. The topological polar surface area (TPSA) is 86.4 Å². The predicted octanol–water partition coefficient (Wildman–Crippen LogP) is 4.71. The number of azo groups is 1. The molecule has 27 heavy (non-hydrogen) atoms. The van der Waals surface area contributed by atoms with Gasteiger partial charge in [-0.1, -0.05) is 24.3 Å². The highest BCUT2D eigenvalue weighted by molar-refractivity contribution is 5.95. The number of amides is 1. The van der Waals surface area contributed by atoms with Crippen LogP contribution in [0.1, 0.15) is 15.9 Å². The first-order valence-electron chi connectivity index (χ1n) is 8.00. The monoisotopic (exact) mass is 362 g/mol. The van der Waals surface area contributed by atoms with Gasteiger partial charge < -0.3 is 5.11 Å². The average Bonchev–Trinajstić information content (AvgIpc) is 2.69. The van der Waals surface area contributed by atoms with E-state index in [2.05, 4.69) is 20.8 Å². The fourth-order valence-electron chi connectivity index (χ4n) is 2.17. The largest absolute Gasteiger partial charge is 0.507 e. The van der Waals surface area contributed by atoms with Crippen LogP contribution in [0.3, 0.4) is 0 Å². The van der Waals surface area contributed by atoms with Crippen LogP contribution in [0.4, 0.5) is 15.8 Å². The third-order valence-electron chi connectivity index (χ3n) is 3.50. The van der Waals surface area contributed by atoms with E-state index in [0.29, 0.717) is 16.9 Å². The lowest BCUT2D eigenvalue weighted by Crippen LogP contribution is -2.17. The maximum absolute atomic E-state index is 13.1. The molecule has 134 valence electrons. The van der Waals surface area contributed by atoms with Gasteiger partial charge in [0.25, 0.3) is 5.91 Å². The normalized spacial score (nSPS) is 11.1. The van der Waals surface area contributed by atoms with Gasteiger partial charge in [0.05, 0.1) is 17.6 Å². The minimum atomic E-state index is -0.565. The van der Waals surface area contributed by atoms with Gasteiger partial charge >= 0.3 is 0 Å². The van der Waals surface area contributed by atoms with Crippen LogP contribution in [0.25, 0.3) is 0 Å². The second-order valence-corrected chi connectivity index (χ2v) is 5.49. The molecule has 0 spiro atoms. The number of rotatable bonds is 5. The maximum atomic E-state index is 13.1. The molecule has 0 fully saturated rings. The number of aromatic hydroxyl groups is 1. The maximum Gasteiger partial charge on any atom is 0.271 e. The van der Waals surface area contributed by atoms with E-state index in [0.717, 1.165) is 6.07 Å². The lowest BCUT2D eigenvalue weighted by molar-refractivity contribution is 0.0954. The van der Waals surface area contributed by atoms with Gasteiger partial charge in [0.1, 0.15) is 11.6 Å². The van der Waals surface area contributed by atoms with Crippen molar-refractivity contribution in [1.82, 2.24) is 5.43 Å². The number of carbonyl (C=O) groups excluding carboxylic acids is 1. The number of nitrogens with zero attached hydrogens (tertiary/aromatic N) is 3. The standard InChI is InChI=1S/C20H15FN4O2/c21-16-6-4-5-14(11-16)20(27)25-22-13-15-12-18(9-10-19(15)26)24-23-17-7-2-1-3-8-17/h1-13,26H,(H,25,27). The quantitative estimate of drug-likeness (QED) is 0.391. The van der Waals surface area contributed by atoms with E-state index in [1.54, 1.807) is 12.1 Å². The number of hydrogen-bond acceptors (Lipinski definition) is 5. The summed E-state index contributed by atoms with van der Waals surface area (Å²) in [5.74, 6) is -1.11. The van der Waals surface area contributed by atoms with Gasteiger partial charge in [0.2, 0.25) is 0 Å². The molecule has 3 rings (SSSR count). The lowest BCUT2D eigenvalue weighted by Gasteiger charge is -2.02. The molecular weight excluding hydrogens is 347 g/mol. The van der Waals surface area contributed by atoms with Crippen molar-refractivity contribution in [1.29, 1.82) is 0 Å². The SMILES string of the molecule is O=C(NN=Cc1cc(N=Nc2ccccc2)ccc1O)c1cccc(F)c1. The Morgan fingerprint density at radius 3 is 2.48 bits per heavy atom. The summed E-state index contributed by atoms with van der Waals surface area (Å²) in [6, 6.07) is 19.1. The number of halogens is 1. The van der Waals surface area contributed by atoms with E-state index in [1.165, 1.54) is 30.5 Å². The van der Waals surface area contributed by atoms with Crippen molar-refractivity contribution in [3.63, 3.8) is 0 Å². The minimum absolute atomic E-state index is 0.0302. The summed E-state index contributed by atoms with van der Waals surface area (Å²) in [6.45, 7) is 0. The molecule has 0 radical (unpaired) electrons. The lowest BCUT2D eigenvalue weighted by atomic mass is 10.2.